The van der Waals surface area contributed by atoms with E-state index in [4.69, 9.17) is 5.73 Å². The third-order valence-electron chi connectivity index (χ3n) is 3.59. The minimum Gasteiger partial charge on any atom is -0.330 e. The van der Waals surface area contributed by atoms with Crippen molar-refractivity contribution in [3.8, 4) is 0 Å². The van der Waals surface area contributed by atoms with Gasteiger partial charge in [-0.2, -0.15) is 5.10 Å². The number of rotatable bonds is 6. The summed E-state index contributed by atoms with van der Waals surface area (Å²) in [4.78, 5) is 12.6. The maximum Gasteiger partial charge on any atom is 0.256 e. The highest BCUT2D eigenvalue weighted by atomic mass is 16.2. The average molecular weight is 273 g/mol. The largest absolute Gasteiger partial charge is 0.330 e. The molecular weight excluding hydrogens is 250 g/mol. The Bertz CT molecular complexity index is 510. The van der Waals surface area contributed by atoms with Gasteiger partial charge in [0.05, 0.1) is 17.3 Å². The normalized spacial score (nSPS) is 18.6. The number of anilines is 1. The van der Waals surface area contributed by atoms with E-state index in [0.29, 0.717) is 6.54 Å². The molecule has 1 amide bonds. The van der Waals surface area contributed by atoms with E-state index in [1.807, 2.05) is 31.2 Å². The summed E-state index contributed by atoms with van der Waals surface area (Å²) in [5.74, 6) is 0.00603. The van der Waals surface area contributed by atoms with Gasteiger partial charge < -0.3 is 5.73 Å². The van der Waals surface area contributed by atoms with E-state index >= 15 is 0 Å². The highest BCUT2D eigenvalue weighted by Gasteiger charge is 2.35. The Morgan fingerprint density at radius 1 is 1.40 bits per heavy atom. The zero-order valence-corrected chi connectivity index (χ0v) is 12.3. The zero-order valence-electron chi connectivity index (χ0n) is 12.3. The molecule has 1 aliphatic heterocycles. The van der Waals surface area contributed by atoms with Crippen molar-refractivity contribution in [3.05, 3.63) is 29.8 Å². The quantitative estimate of drug-likeness (QED) is 0.866. The molecule has 4 nitrogen and oxygen atoms in total. The molecule has 1 unspecified atom stereocenters. The summed E-state index contributed by atoms with van der Waals surface area (Å²) >= 11 is 0. The molecule has 0 fully saturated rings. The molecule has 0 saturated heterocycles. The first-order chi connectivity index (χ1) is 9.67. The molecule has 0 spiro atoms. The molecule has 0 bridgehead atoms. The summed E-state index contributed by atoms with van der Waals surface area (Å²) in [6, 6.07) is 7.91. The van der Waals surface area contributed by atoms with E-state index in [1.165, 1.54) is 0 Å². The Hall–Kier alpha value is -1.68. The maximum atomic E-state index is 12.6. The molecule has 1 aromatic carbocycles. The summed E-state index contributed by atoms with van der Waals surface area (Å²) in [5, 5.41) is 6.13. The minimum atomic E-state index is -0.0842. The second-order valence-corrected chi connectivity index (χ2v) is 5.31. The van der Waals surface area contributed by atoms with Crippen LogP contribution in [-0.4, -0.2) is 18.2 Å². The number of nitrogens with two attached hydrogens (primary N) is 1. The third-order valence-corrected chi connectivity index (χ3v) is 3.59. The fourth-order valence-electron chi connectivity index (χ4n) is 2.57. The first-order valence-corrected chi connectivity index (χ1v) is 7.35. The van der Waals surface area contributed by atoms with Crippen LogP contribution in [0.2, 0.25) is 0 Å². The topological polar surface area (TPSA) is 58.7 Å². The molecule has 1 aromatic rings. The summed E-state index contributed by atoms with van der Waals surface area (Å²) in [6.45, 7) is 4.75. The van der Waals surface area contributed by atoms with Crippen LogP contribution in [0.15, 0.2) is 29.4 Å². The number of amides is 1. The number of hydrogen-bond acceptors (Lipinski definition) is 3. The van der Waals surface area contributed by atoms with Gasteiger partial charge in [-0.05, 0) is 50.4 Å². The van der Waals surface area contributed by atoms with Crippen molar-refractivity contribution < 1.29 is 4.79 Å². The smallest absolute Gasteiger partial charge is 0.256 e. The van der Waals surface area contributed by atoms with Gasteiger partial charge in [-0.25, -0.2) is 5.01 Å². The number of carbonyl (C=O) groups is 1. The van der Waals surface area contributed by atoms with Gasteiger partial charge in [-0.1, -0.05) is 25.5 Å². The second-order valence-electron chi connectivity index (χ2n) is 5.31. The van der Waals surface area contributed by atoms with Gasteiger partial charge in [0.25, 0.3) is 5.91 Å². The van der Waals surface area contributed by atoms with Gasteiger partial charge in [-0.15, -0.1) is 0 Å². The lowest BCUT2D eigenvalue weighted by Crippen LogP contribution is -2.28. The Morgan fingerprint density at radius 3 is 2.85 bits per heavy atom. The minimum absolute atomic E-state index is 0.0842. The summed E-state index contributed by atoms with van der Waals surface area (Å²) in [6.07, 6.45) is 3.55. The molecule has 0 radical (unpaired) electrons. The van der Waals surface area contributed by atoms with Gasteiger partial charge in [-0.3, -0.25) is 4.79 Å². The zero-order chi connectivity index (χ0) is 14.5. The highest BCUT2D eigenvalue weighted by Crippen LogP contribution is 2.28. The van der Waals surface area contributed by atoms with Crippen molar-refractivity contribution in [3.63, 3.8) is 0 Å². The van der Waals surface area contributed by atoms with E-state index < -0.39 is 0 Å². The van der Waals surface area contributed by atoms with E-state index in [1.54, 1.807) is 5.01 Å². The molecule has 0 aliphatic carbocycles. The number of benzene rings is 1. The number of carbonyl (C=O) groups excluding carboxylic acids is 1. The Labute approximate surface area is 120 Å². The highest BCUT2D eigenvalue weighted by molar-refractivity contribution is 6.15. The molecule has 2 rings (SSSR count). The SMILES string of the molecule is CCCC1=NN(c2cccc(C)c2)C(=O)C1CCCN. The molecule has 2 N–H and O–H groups in total. The monoisotopic (exact) mass is 273 g/mol. The van der Waals surface area contributed by atoms with Gasteiger partial charge >= 0.3 is 0 Å². The van der Waals surface area contributed by atoms with Crippen molar-refractivity contribution in [2.75, 3.05) is 11.6 Å². The lowest BCUT2D eigenvalue weighted by atomic mass is 9.94. The van der Waals surface area contributed by atoms with E-state index in [2.05, 4.69) is 12.0 Å². The average Bonchev–Trinajstić information content (AvgIpc) is 2.74. The fourth-order valence-corrected chi connectivity index (χ4v) is 2.57. The summed E-state index contributed by atoms with van der Waals surface area (Å²) < 4.78 is 0. The van der Waals surface area contributed by atoms with E-state index in [9.17, 15) is 4.79 Å². The molecule has 1 heterocycles. The standard InChI is InChI=1S/C16H23N3O/c1-3-6-15-14(9-5-10-17)16(20)19(18-15)13-8-4-7-12(2)11-13/h4,7-8,11,14H,3,5-6,9-10,17H2,1-2H3. The first kappa shape index (κ1) is 14.7. The lowest BCUT2D eigenvalue weighted by Gasteiger charge is -2.14. The Morgan fingerprint density at radius 2 is 2.20 bits per heavy atom. The van der Waals surface area contributed by atoms with Crippen molar-refractivity contribution in [1.29, 1.82) is 0 Å². The van der Waals surface area contributed by atoms with Crippen molar-refractivity contribution in [1.82, 2.24) is 0 Å². The molecular formula is C16H23N3O. The molecule has 4 heteroatoms. The van der Waals surface area contributed by atoms with Crippen molar-refractivity contribution in [2.24, 2.45) is 16.8 Å². The molecule has 1 aliphatic rings. The van der Waals surface area contributed by atoms with Crippen molar-refractivity contribution in [2.45, 2.75) is 39.5 Å². The van der Waals surface area contributed by atoms with Gasteiger partial charge in [0.2, 0.25) is 0 Å². The predicted octanol–water partition coefficient (Wildman–Crippen LogP) is 2.85. The molecule has 0 saturated carbocycles. The maximum absolute atomic E-state index is 12.6. The summed E-state index contributed by atoms with van der Waals surface area (Å²) in [7, 11) is 0. The van der Waals surface area contributed by atoms with Crippen LogP contribution >= 0.6 is 0 Å². The van der Waals surface area contributed by atoms with Crippen LogP contribution in [0.5, 0.6) is 0 Å². The summed E-state index contributed by atoms with van der Waals surface area (Å²) in [5.41, 5.74) is 8.57. The van der Waals surface area contributed by atoms with Crippen LogP contribution in [0.1, 0.15) is 38.2 Å². The van der Waals surface area contributed by atoms with Crippen LogP contribution in [0.3, 0.4) is 0 Å². The number of nitrogens with zero attached hydrogens (tertiary/aromatic N) is 2. The van der Waals surface area contributed by atoms with Crippen LogP contribution in [-0.2, 0) is 4.79 Å². The molecule has 0 aromatic heterocycles. The van der Waals surface area contributed by atoms with Crippen molar-refractivity contribution >= 4 is 17.3 Å². The Kier molecular flexibility index (Phi) is 4.90. The number of hydrogen-bond donors (Lipinski definition) is 1. The fraction of sp³-hybridized carbons (Fsp3) is 0.500. The molecule has 1 atom stereocenters. The predicted molar refractivity (Wildman–Crippen MR) is 82.8 cm³/mol. The molecule has 108 valence electrons. The van der Waals surface area contributed by atoms with Crippen LogP contribution in [0.25, 0.3) is 0 Å². The van der Waals surface area contributed by atoms with Crippen LogP contribution < -0.4 is 10.7 Å². The van der Waals surface area contributed by atoms with E-state index in [-0.39, 0.29) is 11.8 Å². The first-order valence-electron chi connectivity index (χ1n) is 7.35. The van der Waals surface area contributed by atoms with Crippen LogP contribution in [0, 0.1) is 12.8 Å². The lowest BCUT2D eigenvalue weighted by molar-refractivity contribution is -0.119. The third kappa shape index (κ3) is 3.07. The van der Waals surface area contributed by atoms with Gasteiger partial charge in [0, 0.05) is 0 Å². The number of aryl methyl sites for hydroxylation is 1. The van der Waals surface area contributed by atoms with Crippen LogP contribution in [0.4, 0.5) is 5.69 Å². The van der Waals surface area contributed by atoms with E-state index in [0.717, 1.165) is 42.6 Å². The van der Waals surface area contributed by atoms with Gasteiger partial charge in [0.1, 0.15) is 0 Å². The Balaban J connectivity index is 2.24. The second kappa shape index (κ2) is 6.66. The number of hydrazone groups is 1. The molecule has 20 heavy (non-hydrogen) atoms. The van der Waals surface area contributed by atoms with Gasteiger partial charge in [0.15, 0.2) is 0 Å².